The van der Waals surface area contributed by atoms with Crippen molar-refractivity contribution in [2.75, 3.05) is 6.61 Å². The van der Waals surface area contributed by atoms with Gasteiger partial charge in [-0.3, -0.25) is 9.59 Å². The van der Waals surface area contributed by atoms with Gasteiger partial charge in [-0.2, -0.15) is 0 Å². The summed E-state index contributed by atoms with van der Waals surface area (Å²) < 4.78 is 5.28. The van der Waals surface area contributed by atoms with E-state index in [1.54, 1.807) is 25.1 Å². The Balaban J connectivity index is 2.20. The second kappa shape index (κ2) is 11.0. The van der Waals surface area contributed by atoms with E-state index >= 15 is 0 Å². The van der Waals surface area contributed by atoms with Gasteiger partial charge in [0.05, 0.1) is 19.1 Å². The van der Waals surface area contributed by atoms with E-state index in [0.29, 0.717) is 22.9 Å². The predicted octanol–water partition coefficient (Wildman–Crippen LogP) is 5.48. The lowest BCUT2D eigenvalue weighted by molar-refractivity contribution is -0.163. The third-order valence-corrected chi connectivity index (χ3v) is 6.50. The number of hydrogen-bond acceptors (Lipinski definition) is 4. The van der Waals surface area contributed by atoms with Crippen LogP contribution in [-0.4, -0.2) is 40.5 Å². The molecule has 1 heterocycles. The van der Waals surface area contributed by atoms with Crippen LogP contribution in [-0.2, 0) is 19.1 Å². The van der Waals surface area contributed by atoms with E-state index in [0.717, 1.165) is 11.1 Å². The summed E-state index contributed by atoms with van der Waals surface area (Å²) in [7, 11) is 0. The van der Waals surface area contributed by atoms with Crippen LogP contribution >= 0.6 is 23.2 Å². The van der Waals surface area contributed by atoms with Gasteiger partial charge in [-0.05, 0) is 55.2 Å². The number of ether oxygens (including phenoxy) is 1. The van der Waals surface area contributed by atoms with Gasteiger partial charge in [0.15, 0.2) is 0 Å². The zero-order valence-electron chi connectivity index (χ0n) is 18.5. The lowest BCUT2D eigenvalue weighted by atomic mass is 9.74. The molecule has 1 aliphatic heterocycles. The van der Waals surface area contributed by atoms with E-state index in [-0.39, 0.29) is 24.9 Å². The zero-order valence-corrected chi connectivity index (χ0v) is 20.1. The van der Waals surface area contributed by atoms with Gasteiger partial charge < -0.3 is 14.7 Å². The number of carbonyl (C=O) groups excluding carboxylic acids is 2. The molecule has 0 aliphatic carbocycles. The summed E-state index contributed by atoms with van der Waals surface area (Å²) in [6.45, 7) is 3.70. The van der Waals surface area contributed by atoms with Crippen LogP contribution in [0.25, 0.3) is 0 Å². The minimum absolute atomic E-state index is 0.180. The average Bonchev–Trinajstić information content (AvgIpc) is 2.77. The van der Waals surface area contributed by atoms with Gasteiger partial charge in [0.25, 0.3) is 0 Å². The van der Waals surface area contributed by atoms with Crippen LogP contribution in [0.4, 0.5) is 0 Å². The minimum Gasteiger partial charge on any atom is -0.481 e. The number of carbonyl (C=O) groups is 3. The van der Waals surface area contributed by atoms with Crippen LogP contribution in [0.3, 0.4) is 0 Å². The molecule has 8 heteroatoms. The Morgan fingerprint density at radius 3 is 2.36 bits per heavy atom. The average molecular weight is 492 g/mol. The SMILES string of the molecule is CCOC(=O)[C@H](CC)N1C(=O)[C@@H](CC(=O)O)C[C@H](c2cccc(Cl)c2)C1c1ccc(Cl)cc1. The monoisotopic (exact) mass is 491 g/mol. The Morgan fingerprint density at radius 2 is 1.79 bits per heavy atom. The van der Waals surface area contributed by atoms with E-state index < -0.39 is 29.9 Å². The Labute approximate surface area is 203 Å². The van der Waals surface area contributed by atoms with Crippen molar-refractivity contribution in [1.29, 1.82) is 0 Å². The molecule has 0 aromatic heterocycles. The van der Waals surface area contributed by atoms with Crippen molar-refractivity contribution < 1.29 is 24.2 Å². The second-order valence-electron chi connectivity index (χ2n) is 8.11. The third kappa shape index (κ3) is 5.68. The summed E-state index contributed by atoms with van der Waals surface area (Å²) in [5.74, 6) is -3.00. The molecule has 0 spiro atoms. The van der Waals surface area contributed by atoms with Gasteiger partial charge in [-0.15, -0.1) is 0 Å². The van der Waals surface area contributed by atoms with Crippen molar-refractivity contribution >= 4 is 41.0 Å². The number of carboxylic acids is 1. The number of esters is 1. The number of carboxylic acid groups (broad SMARTS) is 1. The molecule has 0 radical (unpaired) electrons. The summed E-state index contributed by atoms with van der Waals surface area (Å²) in [5, 5.41) is 10.6. The molecular weight excluding hydrogens is 465 g/mol. The maximum absolute atomic E-state index is 13.7. The zero-order chi connectivity index (χ0) is 24.1. The van der Waals surface area contributed by atoms with E-state index in [9.17, 15) is 19.5 Å². The van der Waals surface area contributed by atoms with E-state index in [1.807, 2.05) is 37.3 Å². The first kappa shape index (κ1) is 25.1. The predicted molar refractivity (Wildman–Crippen MR) is 126 cm³/mol. The molecule has 0 bridgehead atoms. The van der Waals surface area contributed by atoms with E-state index in [2.05, 4.69) is 0 Å². The lowest BCUT2D eigenvalue weighted by Crippen LogP contribution is -2.54. The lowest BCUT2D eigenvalue weighted by Gasteiger charge is -2.47. The maximum atomic E-state index is 13.7. The molecule has 3 rings (SSSR count). The summed E-state index contributed by atoms with van der Waals surface area (Å²) >= 11 is 12.4. The molecule has 33 heavy (non-hydrogen) atoms. The molecule has 1 amide bonds. The normalized spacial score (nSPS) is 21.5. The fourth-order valence-electron chi connectivity index (χ4n) is 4.63. The number of likely N-dealkylation sites (tertiary alicyclic amines) is 1. The molecule has 4 atom stereocenters. The van der Waals surface area contributed by atoms with Crippen molar-refractivity contribution in [2.24, 2.45) is 5.92 Å². The molecule has 1 fully saturated rings. The van der Waals surface area contributed by atoms with Gasteiger partial charge in [0, 0.05) is 21.9 Å². The molecule has 0 saturated carbocycles. The first-order valence-corrected chi connectivity index (χ1v) is 11.7. The molecule has 1 unspecified atom stereocenters. The highest BCUT2D eigenvalue weighted by molar-refractivity contribution is 6.30. The van der Waals surface area contributed by atoms with Gasteiger partial charge in [0.1, 0.15) is 6.04 Å². The van der Waals surface area contributed by atoms with Crippen LogP contribution in [0.5, 0.6) is 0 Å². The molecule has 2 aromatic rings. The van der Waals surface area contributed by atoms with Gasteiger partial charge >= 0.3 is 11.9 Å². The Kier molecular flexibility index (Phi) is 8.38. The Hall–Kier alpha value is -2.57. The summed E-state index contributed by atoms with van der Waals surface area (Å²) in [6.07, 6.45) is 0.324. The summed E-state index contributed by atoms with van der Waals surface area (Å²) in [6, 6.07) is 13.1. The van der Waals surface area contributed by atoms with Crippen LogP contribution in [0.2, 0.25) is 10.0 Å². The highest BCUT2D eigenvalue weighted by Gasteiger charge is 2.48. The Morgan fingerprint density at radius 1 is 1.09 bits per heavy atom. The number of rotatable bonds is 8. The first-order valence-electron chi connectivity index (χ1n) is 11.0. The van der Waals surface area contributed by atoms with Gasteiger partial charge in [-0.25, -0.2) is 4.79 Å². The van der Waals surface area contributed by atoms with E-state index in [1.165, 1.54) is 4.90 Å². The van der Waals surface area contributed by atoms with Crippen LogP contribution in [0, 0.1) is 5.92 Å². The Bertz CT molecular complexity index is 1010. The van der Waals surface area contributed by atoms with Crippen molar-refractivity contribution in [2.45, 2.75) is 51.1 Å². The largest absolute Gasteiger partial charge is 0.481 e. The van der Waals surface area contributed by atoms with Crippen LogP contribution in [0.1, 0.15) is 56.2 Å². The van der Waals surface area contributed by atoms with Gasteiger partial charge in [0.2, 0.25) is 5.91 Å². The molecule has 6 nitrogen and oxygen atoms in total. The fraction of sp³-hybridized carbons (Fsp3) is 0.400. The standard InChI is InChI=1S/C25H27Cl2NO5/c1-3-21(25(32)33-4-2)28-23(15-8-10-18(26)11-9-15)20(16-6-5-7-19(27)12-16)13-17(24(28)31)14-22(29)30/h5-12,17,20-21,23H,3-4,13-14H2,1-2H3,(H,29,30)/t17-,20-,21+,23?/m1/s1. The van der Waals surface area contributed by atoms with Gasteiger partial charge in [-0.1, -0.05) is 54.4 Å². The van der Waals surface area contributed by atoms with Crippen molar-refractivity contribution in [1.82, 2.24) is 4.90 Å². The first-order chi connectivity index (χ1) is 15.8. The number of hydrogen-bond donors (Lipinski definition) is 1. The topological polar surface area (TPSA) is 83.9 Å². The molecule has 1 saturated heterocycles. The fourth-order valence-corrected chi connectivity index (χ4v) is 4.96. The number of amides is 1. The summed E-state index contributed by atoms with van der Waals surface area (Å²) in [5.41, 5.74) is 1.67. The number of piperidine rings is 1. The second-order valence-corrected chi connectivity index (χ2v) is 8.98. The smallest absolute Gasteiger partial charge is 0.328 e. The molecular formula is C25H27Cl2NO5. The van der Waals surface area contributed by atoms with Crippen molar-refractivity contribution in [3.05, 3.63) is 69.7 Å². The summed E-state index contributed by atoms with van der Waals surface area (Å²) in [4.78, 5) is 39.7. The molecule has 176 valence electrons. The number of aliphatic carboxylic acids is 1. The molecule has 1 N–H and O–H groups in total. The molecule has 1 aliphatic rings. The van der Waals surface area contributed by atoms with Crippen LogP contribution < -0.4 is 0 Å². The highest BCUT2D eigenvalue weighted by atomic mass is 35.5. The maximum Gasteiger partial charge on any atom is 0.328 e. The van der Waals surface area contributed by atoms with Crippen LogP contribution in [0.15, 0.2) is 48.5 Å². The van der Waals surface area contributed by atoms with E-state index in [4.69, 9.17) is 27.9 Å². The number of benzene rings is 2. The molecule has 2 aromatic carbocycles. The highest BCUT2D eigenvalue weighted by Crippen LogP contribution is 2.47. The third-order valence-electron chi connectivity index (χ3n) is 6.01. The number of halogens is 2. The van der Waals surface area contributed by atoms with Crippen molar-refractivity contribution in [3.63, 3.8) is 0 Å². The van der Waals surface area contributed by atoms with Crippen molar-refractivity contribution in [3.8, 4) is 0 Å². The quantitative estimate of drug-likeness (QED) is 0.494. The minimum atomic E-state index is -1.06. The number of nitrogens with zero attached hydrogens (tertiary/aromatic N) is 1.